The average Bonchev–Trinajstić information content (AvgIpc) is 2.80. The van der Waals surface area contributed by atoms with E-state index in [4.69, 9.17) is 29.7 Å². The van der Waals surface area contributed by atoms with Crippen molar-refractivity contribution in [3.05, 3.63) is 71.8 Å². The van der Waals surface area contributed by atoms with Crippen LogP contribution in [0.4, 0.5) is 0 Å². The Morgan fingerprint density at radius 2 is 1.09 bits per heavy atom. The first kappa shape index (κ1) is 27.9. The summed E-state index contributed by atoms with van der Waals surface area (Å²) >= 11 is 7.15. The van der Waals surface area contributed by atoms with Gasteiger partial charge in [0.2, 0.25) is 0 Å². The molecular formula is C23H32ClNO6P2. The van der Waals surface area contributed by atoms with E-state index in [1.165, 1.54) is 6.21 Å². The number of benzene rings is 2. The average molecular weight is 516 g/mol. The molecular weight excluding hydrogens is 484 g/mol. The van der Waals surface area contributed by atoms with Gasteiger partial charge in [0.05, 0.1) is 26.4 Å². The van der Waals surface area contributed by atoms with Gasteiger partial charge in [-0.3, -0.25) is 14.1 Å². The molecule has 0 aliphatic rings. The van der Waals surface area contributed by atoms with Crippen LogP contribution in [0.1, 0.15) is 38.8 Å². The van der Waals surface area contributed by atoms with Crippen LogP contribution >= 0.6 is 26.8 Å². The summed E-state index contributed by atoms with van der Waals surface area (Å²) in [6.45, 7) is 6.90. The van der Waals surface area contributed by atoms with Crippen LogP contribution in [-0.4, -0.2) is 38.2 Å². The van der Waals surface area contributed by atoms with Gasteiger partial charge in [0, 0.05) is 6.21 Å². The Bertz CT molecular complexity index is 884. The predicted molar refractivity (Wildman–Crippen MR) is 134 cm³/mol. The third kappa shape index (κ3) is 6.86. The molecule has 33 heavy (non-hydrogen) atoms. The van der Waals surface area contributed by atoms with E-state index in [9.17, 15) is 9.13 Å². The van der Waals surface area contributed by atoms with Crippen LogP contribution < -0.4 is 0 Å². The maximum absolute atomic E-state index is 13.8. The van der Waals surface area contributed by atoms with Crippen molar-refractivity contribution in [2.75, 3.05) is 26.4 Å². The molecule has 7 nitrogen and oxygen atoms in total. The summed E-state index contributed by atoms with van der Waals surface area (Å²) in [4.78, 5) is 3.24. The lowest BCUT2D eigenvalue weighted by atomic mass is 9.91. The molecule has 0 unspecified atom stereocenters. The number of halogens is 1. The Kier molecular flexibility index (Phi) is 11.0. The highest BCUT2D eigenvalue weighted by Crippen LogP contribution is 2.71. The first-order valence-electron chi connectivity index (χ1n) is 10.9. The molecule has 0 saturated heterocycles. The second kappa shape index (κ2) is 13.0. The van der Waals surface area contributed by atoms with E-state index in [-0.39, 0.29) is 26.4 Å². The lowest BCUT2D eigenvalue weighted by Crippen LogP contribution is -2.24. The fourth-order valence-corrected chi connectivity index (χ4v) is 8.32. The van der Waals surface area contributed by atoms with Crippen molar-refractivity contribution in [1.82, 2.24) is 0 Å². The minimum Gasteiger partial charge on any atom is -0.307 e. The molecule has 0 heterocycles. The van der Waals surface area contributed by atoms with E-state index in [1.54, 1.807) is 27.7 Å². The lowest BCUT2D eigenvalue weighted by molar-refractivity contribution is 0.196. The molecule has 2 aromatic carbocycles. The molecule has 0 radical (unpaired) electrons. The summed E-state index contributed by atoms with van der Waals surface area (Å²) in [5, 5.41) is 0. The zero-order valence-electron chi connectivity index (χ0n) is 19.4. The van der Waals surface area contributed by atoms with Gasteiger partial charge in [-0.05, 0) is 38.8 Å². The van der Waals surface area contributed by atoms with E-state index < -0.39 is 25.6 Å². The molecule has 0 aromatic heterocycles. The van der Waals surface area contributed by atoms with E-state index in [0.717, 1.165) is 11.1 Å². The minimum absolute atomic E-state index is 0.0605. The highest BCUT2D eigenvalue weighted by atomic mass is 35.5. The SMILES string of the molecule is CCOP(=O)(OCC)C(/N=C/C(Cl)(c1ccccc1)c1ccccc1)P(=O)(OCC)OCC. The Balaban J connectivity index is 2.70. The Labute approximate surface area is 201 Å². The molecule has 0 bridgehead atoms. The van der Waals surface area contributed by atoms with E-state index >= 15 is 0 Å². The van der Waals surface area contributed by atoms with Crippen LogP contribution in [0, 0.1) is 0 Å². The molecule has 2 rings (SSSR count). The molecule has 0 amide bonds. The fraction of sp³-hybridized carbons (Fsp3) is 0.435. The van der Waals surface area contributed by atoms with Gasteiger partial charge in [-0.1, -0.05) is 60.7 Å². The van der Waals surface area contributed by atoms with Gasteiger partial charge in [0.1, 0.15) is 4.87 Å². The monoisotopic (exact) mass is 515 g/mol. The number of alkyl halides is 1. The van der Waals surface area contributed by atoms with Crippen molar-refractivity contribution >= 4 is 33.0 Å². The number of rotatable bonds is 14. The predicted octanol–water partition coefficient (Wildman–Crippen LogP) is 7.06. The Morgan fingerprint density at radius 3 is 1.39 bits per heavy atom. The normalized spacial score (nSPS) is 13.2. The first-order valence-corrected chi connectivity index (χ1v) is 14.5. The topological polar surface area (TPSA) is 83.4 Å². The van der Waals surface area contributed by atoms with Crippen LogP contribution in [0.15, 0.2) is 65.7 Å². The molecule has 0 fully saturated rings. The highest BCUT2D eigenvalue weighted by molar-refractivity contribution is 7.72. The number of aliphatic imine (C=N–C) groups is 1. The highest BCUT2D eigenvalue weighted by Gasteiger charge is 2.51. The zero-order chi connectivity index (χ0) is 24.4. The fourth-order valence-electron chi connectivity index (χ4n) is 3.24. The van der Waals surface area contributed by atoms with Crippen molar-refractivity contribution in [2.24, 2.45) is 4.99 Å². The van der Waals surface area contributed by atoms with Gasteiger partial charge in [0.25, 0.3) is 5.52 Å². The second-order valence-corrected chi connectivity index (χ2v) is 12.0. The number of hydrogen-bond donors (Lipinski definition) is 0. The number of hydrogen-bond acceptors (Lipinski definition) is 7. The largest absolute Gasteiger partial charge is 0.367 e. The summed E-state index contributed by atoms with van der Waals surface area (Å²) in [6, 6.07) is 18.6. The van der Waals surface area contributed by atoms with Crippen molar-refractivity contribution < 1.29 is 27.2 Å². The van der Waals surface area contributed by atoms with Gasteiger partial charge in [0.15, 0.2) is 0 Å². The minimum atomic E-state index is -4.05. The third-order valence-electron chi connectivity index (χ3n) is 4.58. The Morgan fingerprint density at radius 1 is 0.758 bits per heavy atom. The summed E-state index contributed by atoms with van der Waals surface area (Å²) in [5.74, 6) is 0. The van der Waals surface area contributed by atoms with Crippen molar-refractivity contribution in [1.29, 1.82) is 0 Å². The number of nitrogens with zero attached hydrogens (tertiary/aromatic N) is 1. The van der Waals surface area contributed by atoms with Crippen LogP contribution in [0.3, 0.4) is 0 Å². The van der Waals surface area contributed by atoms with E-state index in [2.05, 4.69) is 4.99 Å². The molecule has 182 valence electrons. The molecule has 2 aromatic rings. The molecule has 0 N–H and O–H groups in total. The summed E-state index contributed by atoms with van der Waals surface area (Å²) in [6.07, 6.45) is 1.42. The summed E-state index contributed by atoms with van der Waals surface area (Å²) in [5.41, 5.74) is -0.0910. The van der Waals surface area contributed by atoms with Gasteiger partial charge < -0.3 is 18.1 Å². The second-order valence-electron chi connectivity index (χ2n) is 6.82. The van der Waals surface area contributed by atoms with E-state index in [1.807, 2.05) is 60.7 Å². The standard InChI is InChI=1S/C23H32ClNO6P2/c1-5-28-32(26,29-6-2)22(33(27,30-7-3)31-8-4)25-19-23(24,20-15-11-9-12-16-20)21-17-13-10-14-18-21/h9-19,22H,5-8H2,1-4H3/b25-19+. The first-order chi connectivity index (χ1) is 15.8. The van der Waals surface area contributed by atoms with Crippen molar-refractivity contribution in [3.8, 4) is 0 Å². The summed E-state index contributed by atoms with van der Waals surface area (Å²) in [7, 11) is -8.10. The molecule has 0 saturated carbocycles. The molecule has 0 aliphatic heterocycles. The van der Waals surface area contributed by atoms with Crippen molar-refractivity contribution in [3.63, 3.8) is 0 Å². The Hall–Kier alpha value is -1.30. The molecule has 10 heteroatoms. The molecule has 0 atom stereocenters. The maximum atomic E-state index is 13.8. The van der Waals surface area contributed by atoms with Gasteiger partial charge >= 0.3 is 15.2 Å². The lowest BCUT2D eigenvalue weighted by Gasteiger charge is -2.30. The van der Waals surface area contributed by atoms with Crippen LogP contribution in [-0.2, 0) is 32.1 Å². The molecule has 0 spiro atoms. The van der Waals surface area contributed by atoms with Crippen LogP contribution in [0.2, 0.25) is 0 Å². The molecule has 0 aliphatic carbocycles. The maximum Gasteiger partial charge on any atom is 0.367 e. The van der Waals surface area contributed by atoms with Crippen LogP contribution in [0.25, 0.3) is 0 Å². The smallest absolute Gasteiger partial charge is 0.307 e. The zero-order valence-corrected chi connectivity index (χ0v) is 22.0. The van der Waals surface area contributed by atoms with Gasteiger partial charge in [-0.25, -0.2) is 0 Å². The third-order valence-corrected chi connectivity index (χ3v) is 10.7. The van der Waals surface area contributed by atoms with Gasteiger partial charge in [-0.2, -0.15) is 0 Å². The van der Waals surface area contributed by atoms with Crippen molar-refractivity contribution in [2.45, 2.75) is 38.1 Å². The summed E-state index contributed by atoms with van der Waals surface area (Å²) < 4.78 is 49.5. The van der Waals surface area contributed by atoms with E-state index in [0.29, 0.717) is 0 Å². The van der Waals surface area contributed by atoms with Gasteiger partial charge in [-0.15, -0.1) is 11.6 Å². The quantitative estimate of drug-likeness (QED) is 0.152. The van der Waals surface area contributed by atoms with Crippen LogP contribution in [0.5, 0.6) is 0 Å².